The van der Waals surface area contributed by atoms with E-state index in [9.17, 15) is 0 Å². The fraction of sp³-hybridized carbons (Fsp3) is 0.571. The summed E-state index contributed by atoms with van der Waals surface area (Å²) < 4.78 is 0. The van der Waals surface area contributed by atoms with Crippen molar-refractivity contribution < 1.29 is 0 Å². The van der Waals surface area contributed by atoms with Crippen LogP contribution in [0.2, 0.25) is 0 Å². The first-order chi connectivity index (χ1) is 4.68. The monoisotopic (exact) mass is 139 g/mol. The molecule has 0 spiro atoms. The molecule has 1 atom stereocenters. The van der Waals surface area contributed by atoms with E-state index < -0.39 is 0 Å². The maximum atomic E-state index is 5.58. The third-order valence-corrected chi connectivity index (χ3v) is 1.29. The lowest BCUT2D eigenvalue weighted by Crippen LogP contribution is -2.17. The van der Waals surface area contributed by atoms with Gasteiger partial charge in [-0.3, -0.25) is 5.10 Å². The third-order valence-electron chi connectivity index (χ3n) is 1.29. The van der Waals surface area contributed by atoms with E-state index in [1.807, 2.05) is 19.9 Å². The third kappa shape index (κ3) is 1.84. The Bertz CT molecular complexity index is 202. The summed E-state index contributed by atoms with van der Waals surface area (Å²) in [5.74, 6) is 0. The zero-order valence-electron chi connectivity index (χ0n) is 6.39. The van der Waals surface area contributed by atoms with Gasteiger partial charge in [0.25, 0.3) is 0 Å². The van der Waals surface area contributed by atoms with Crippen LogP contribution in [0.5, 0.6) is 0 Å². The van der Waals surface area contributed by atoms with Gasteiger partial charge in [0, 0.05) is 18.2 Å². The van der Waals surface area contributed by atoms with Crippen LogP contribution in [0.15, 0.2) is 6.07 Å². The number of rotatable bonds is 2. The van der Waals surface area contributed by atoms with Gasteiger partial charge in [-0.15, -0.1) is 0 Å². The fourth-order valence-corrected chi connectivity index (χ4v) is 0.909. The number of nitrogens with two attached hydrogens (primary N) is 1. The molecule has 1 heterocycles. The Morgan fingerprint density at radius 3 is 2.90 bits per heavy atom. The van der Waals surface area contributed by atoms with E-state index in [2.05, 4.69) is 10.2 Å². The molecule has 1 unspecified atom stereocenters. The molecule has 3 nitrogen and oxygen atoms in total. The summed E-state index contributed by atoms with van der Waals surface area (Å²) in [7, 11) is 0. The first kappa shape index (κ1) is 7.28. The van der Waals surface area contributed by atoms with E-state index in [0.717, 1.165) is 17.8 Å². The van der Waals surface area contributed by atoms with Crippen molar-refractivity contribution in [3.05, 3.63) is 17.5 Å². The van der Waals surface area contributed by atoms with Crippen LogP contribution in [-0.2, 0) is 6.42 Å². The van der Waals surface area contributed by atoms with Crippen molar-refractivity contribution in [2.24, 2.45) is 5.73 Å². The molecule has 0 radical (unpaired) electrons. The van der Waals surface area contributed by atoms with Gasteiger partial charge in [0.15, 0.2) is 0 Å². The van der Waals surface area contributed by atoms with Crippen molar-refractivity contribution in [1.29, 1.82) is 0 Å². The molecule has 0 saturated heterocycles. The molecule has 0 fully saturated rings. The number of hydrogen-bond acceptors (Lipinski definition) is 2. The smallest absolute Gasteiger partial charge is 0.0640 e. The van der Waals surface area contributed by atoms with Crippen molar-refractivity contribution in [2.75, 3.05) is 0 Å². The fourth-order valence-electron chi connectivity index (χ4n) is 0.909. The van der Waals surface area contributed by atoms with E-state index in [-0.39, 0.29) is 6.04 Å². The van der Waals surface area contributed by atoms with Crippen molar-refractivity contribution in [3.8, 4) is 0 Å². The van der Waals surface area contributed by atoms with Crippen LogP contribution in [0.4, 0.5) is 0 Å². The maximum Gasteiger partial charge on any atom is 0.0640 e. The normalized spacial score (nSPS) is 13.5. The van der Waals surface area contributed by atoms with Crippen molar-refractivity contribution in [3.63, 3.8) is 0 Å². The van der Waals surface area contributed by atoms with Gasteiger partial charge in [0.2, 0.25) is 0 Å². The molecule has 0 saturated carbocycles. The molecular weight excluding hydrogens is 126 g/mol. The molecule has 1 rings (SSSR count). The summed E-state index contributed by atoms with van der Waals surface area (Å²) in [4.78, 5) is 0. The predicted octanol–water partition coefficient (Wildman–Crippen LogP) is 0.608. The Labute approximate surface area is 60.6 Å². The minimum Gasteiger partial charge on any atom is -0.328 e. The highest BCUT2D eigenvalue weighted by Crippen LogP contribution is 1.99. The Balaban J connectivity index is 2.58. The number of H-pyrrole nitrogens is 1. The molecule has 3 N–H and O–H groups in total. The molecule has 56 valence electrons. The number of aromatic amines is 1. The van der Waals surface area contributed by atoms with Crippen molar-refractivity contribution in [2.45, 2.75) is 26.3 Å². The van der Waals surface area contributed by atoms with Crippen LogP contribution in [0.25, 0.3) is 0 Å². The van der Waals surface area contributed by atoms with Gasteiger partial charge in [-0.1, -0.05) is 0 Å². The van der Waals surface area contributed by atoms with Crippen LogP contribution in [-0.4, -0.2) is 16.2 Å². The molecule has 3 heteroatoms. The molecule has 0 aliphatic rings. The number of nitrogens with zero attached hydrogens (tertiary/aromatic N) is 1. The Hall–Kier alpha value is -0.830. The lowest BCUT2D eigenvalue weighted by molar-refractivity contribution is 0.719. The average molecular weight is 139 g/mol. The lowest BCUT2D eigenvalue weighted by Gasteiger charge is -1.98. The highest BCUT2D eigenvalue weighted by atomic mass is 15.1. The van der Waals surface area contributed by atoms with Gasteiger partial charge in [0.1, 0.15) is 0 Å². The van der Waals surface area contributed by atoms with E-state index in [0.29, 0.717) is 0 Å². The molecule has 1 aromatic rings. The lowest BCUT2D eigenvalue weighted by atomic mass is 10.2. The Morgan fingerprint density at radius 2 is 2.50 bits per heavy atom. The second-order valence-corrected chi connectivity index (χ2v) is 2.72. The highest BCUT2D eigenvalue weighted by Gasteiger charge is 1.99. The minimum atomic E-state index is 0.197. The van der Waals surface area contributed by atoms with Crippen LogP contribution in [0.3, 0.4) is 0 Å². The zero-order valence-corrected chi connectivity index (χ0v) is 6.39. The predicted molar refractivity (Wildman–Crippen MR) is 40.7 cm³/mol. The second-order valence-electron chi connectivity index (χ2n) is 2.72. The van der Waals surface area contributed by atoms with Crippen LogP contribution in [0.1, 0.15) is 18.3 Å². The van der Waals surface area contributed by atoms with Gasteiger partial charge >= 0.3 is 0 Å². The van der Waals surface area contributed by atoms with Crippen LogP contribution >= 0.6 is 0 Å². The molecule has 0 aliphatic heterocycles. The first-order valence-corrected chi connectivity index (χ1v) is 3.45. The van der Waals surface area contributed by atoms with Crippen LogP contribution < -0.4 is 5.73 Å². The van der Waals surface area contributed by atoms with Gasteiger partial charge in [-0.05, 0) is 19.9 Å². The van der Waals surface area contributed by atoms with Crippen molar-refractivity contribution >= 4 is 0 Å². The average Bonchev–Trinajstić information content (AvgIpc) is 2.13. The minimum absolute atomic E-state index is 0.197. The largest absolute Gasteiger partial charge is 0.328 e. The Kier molecular flexibility index (Phi) is 2.06. The molecule has 1 aromatic heterocycles. The zero-order chi connectivity index (χ0) is 7.56. The SMILES string of the molecule is Cc1cc(CC(C)N)n[nH]1. The summed E-state index contributed by atoms with van der Waals surface area (Å²) in [6.07, 6.45) is 0.852. The highest BCUT2D eigenvalue weighted by molar-refractivity contribution is 5.07. The van der Waals surface area contributed by atoms with E-state index in [1.54, 1.807) is 0 Å². The summed E-state index contributed by atoms with van der Waals surface area (Å²) in [6.45, 7) is 3.96. The molecule has 0 amide bonds. The second kappa shape index (κ2) is 2.84. The maximum absolute atomic E-state index is 5.58. The summed E-state index contributed by atoms with van der Waals surface area (Å²) in [5.41, 5.74) is 7.72. The molecule has 0 bridgehead atoms. The van der Waals surface area contributed by atoms with Crippen LogP contribution in [0, 0.1) is 6.92 Å². The first-order valence-electron chi connectivity index (χ1n) is 3.45. The standard InChI is InChI=1S/C7H13N3/c1-5(8)3-7-4-6(2)9-10-7/h4-5H,3,8H2,1-2H3,(H,9,10). The molecule has 0 aromatic carbocycles. The van der Waals surface area contributed by atoms with E-state index >= 15 is 0 Å². The van der Waals surface area contributed by atoms with E-state index in [1.165, 1.54) is 0 Å². The number of aromatic nitrogens is 2. The number of hydrogen-bond donors (Lipinski definition) is 2. The molecule has 10 heavy (non-hydrogen) atoms. The molecule has 0 aliphatic carbocycles. The van der Waals surface area contributed by atoms with Gasteiger partial charge in [-0.25, -0.2) is 0 Å². The van der Waals surface area contributed by atoms with Gasteiger partial charge in [-0.2, -0.15) is 5.10 Å². The van der Waals surface area contributed by atoms with Crippen molar-refractivity contribution in [1.82, 2.24) is 10.2 Å². The number of nitrogens with one attached hydrogen (secondary N) is 1. The number of aryl methyl sites for hydroxylation is 1. The molecular formula is C7H13N3. The van der Waals surface area contributed by atoms with Gasteiger partial charge in [0.05, 0.1) is 5.69 Å². The summed E-state index contributed by atoms with van der Waals surface area (Å²) in [5, 5.41) is 6.92. The topological polar surface area (TPSA) is 54.7 Å². The Morgan fingerprint density at radius 1 is 1.80 bits per heavy atom. The van der Waals surface area contributed by atoms with E-state index in [4.69, 9.17) is 5.73 Å². The summed E-state index contributed by atoms with van der Waals surface area (Å²) >= 11 is 0. The summed E-state index contributed by atoms with van der Waals surface area (Å²) in [6, 6.07) is 2.21. The quantitative estimate of drug-likeness (QED) is 0.630. The van der Waals surface area contributed by atoms with Gasteiger partial charge < -0.3 is 5.73 Å².